The Kier molecular flexibility index (Phi) is 2.91. The van der Waals surface area contributed by atoms with E-state index in [4.69, 9.17) is 10.8 Å². The van der Waals surface area contributed by atoms with Crippen LogP contribution in [-0.2, 0) is 4.79 Å². The fourth-order valence-corrected chi connectivity index (χ4v) is 1.54. The highest BCUT2D eigenvalue weighted by atomic mass is 16.4. The minimum atomic E-state index is -0.885. The highest BCUT2D eigenvalue weighted by Gasteiger charge is 2.32. The normalized spacial score (nSPS) is 13.6. The Morgan fingerprint density at radius 1 is 1.36 bits per heavy atom. The summed E-state index contributed by atoms with van der Waals surface area (Å²) in [5.74, 6) is -1.55. The lowest BCUT2D eigenvalue weighted by Crippen LogP contribution is -2.43. The molecule has 0 aliphatic carbocycles. The standard InChI is InChI=1S/C11H15NO2/c1-11(2,12)9(10(13)14)8-6-4-3-5-7-8/h3-7,9H,12H2,1-2H3,(H,13,14)/t9-/m0/s1. The van der Waals surface area contributed by atoms with Gasteiger partial charge in [0, 0.05) is 5.54 Å². The van der Waals surface area contributed by atoms with Gasteiger partial charge in [-0.1, -0.05) is 30.3 Å². The van der Waals surface area contributed by atoms with Gasteiger partial charge in [-0.05, 0) is 19.4 Å². The number of nitrogens with two attached hydrogens (primary N) is 1. The predicted octanol–water partition coefficient (Wildman–Crippen LogP) is 1.59. The molecule has 0 unspecified atom stereocenters. The van der Waals surface area contributed by atoms with Gasteiger partial charge in [-0.15, -0.1) is 0 Å². The summed E-state index contributed by atoms with van der Waals surface area (Å²) < 4.78 is 0. The maximum atomic E-state index is 11.1. The van der Waals surface area contributed by atoms with E-state index in [0.717, 1.165) is 5.56 Å². The Balaban J connectivity index is 3.08. The lowest BCUT2D eigenvalue weighted by atomic mass is 9.83. The maximum Gasteiger partial charge on any atom is 0.312 e. The van der Waals surface area contributed by atoms with Crippen molar-refractivity contribution in [1.29, 1.82) is 0 Å². The topological polar surface area (TPSA) is 63.3 Å². The first-order valence-electron chi connectivity index (χ1n) is 4.49. The molecule has 14 heavy (non-hydrogen) atoms. The number of rotatable bonds is 3. The van der Waals surface area contributed by atoms with Crippen LogP contribution in [0.2, 0.25) is 0 Å². The zero-order valence-electron chi connectivity index (χ0n) is 8.40. The number of hydrogen-bond acceptors (Lipinski definition) is 2. The van der Waals surface area contributed by atoms with E-state index in [0.29, 0.717) is 0 Å². The number of aliphatic carboxylic acids is 1. The zero-order chi connectivity index (χ0) is 10.8. The van der Waals surface area contributed by atoms with Crippen LogP contribution >= 0.6 is 0 Å². The van der Waals surface area contributed by atoms with E-state index in [1.807, 2.05) is 18.2 Å². The second-order valence-electron chi connectivity index (χ2n) is 4.00. The van der Waals surface area contributed by atoms with E-state index in [2.05, 4.69) is 0 Å². The van der Waals surface area contributed by atoms with Crippen molar-refractivity contribution in [3.8, 4) is 0 Å². The van der Waals surface area contributed by atoms with E-state index in [1.165, 1.54) is 0 Å². The van der Waals surface area contributed by atoms with Crippen LogP contribution in [0, 0.1) is 0 Å². The summed E-state index contributed by atoms with van der Waals surface area (Å²) in [6.45, 7) is 3.44. The molecule has 0 radical (unpaired) electrons. The second-order valence-corrected chi connectivity index (χ2v) is 4.00. The molecule has 0 spiro atoms. The first-order valence-corrected chi connectivity index (χ1v) is 4.49. The average Bonchev–Trinajstić information content (AvgIpc) is 2.02. The molecular formula is C11H15NO2. The van der Waals surface area contributed by atoms with Crippen molar-refractivity contribution in [2.45, 2.75) is 25.3 Å². The van der Waals surface area contributed by atoms with Gasteiger partial charge in [-0.3, -0.25) is 4.79 Å². The minimum absolute atomic E-state index is 0.663. The molecule has 0 aliphatic heterocycles. The molecule has 0 aliphatic rings. The Labute approximate surface area is 83.6 Å². The lowest BCUT2D eigenvalue weighted by molar-refractivity contribution is -0.140. The molecule has 0 saturated heterocycles. The maximum absolute atomic E-state index is 11.1. The van der Waals surface area contributed by atoms with Gasteiger partial charge in [-0.2, -0.15) is 0 Å². The molecule has 0 aromatic heterocycles. The van der Waals surface area contributed by atoms with Crippen LogP contribution in [0.4, 0.5) is 0 Å². The Bertz CT molecular complexity index is 314. The summed E-state index contributed by atoms with van der Waals surface area (Å²) in [6.07, 6.45) is 0. The van der Waals surface area contributed by atoms with Crippen LogP contribution in [0.3, 0.4) is 0 Å². The van der Waals surface area contributed by atoms with Crippen LogP contribution < -0.4 is 5.73 Å². The summed E-state index contributed by atoms with van der Waals surface area (Å²) in [7, 11) is 0. The van der Waals surface area contributed by atoms with Gasteiger partial charge in [0.25, 0.3) is 0 Å². The summed E-state index contributed by atoms with van der Waals surface area (Å²) in [5.41, 5.74) is 5.82. The van der Waals surface area contributed by atoms with Crippen molar-refractivity contribution < 1.29 is 9.90 Å². The van der Waals surface area contributed by atoms with Gasteiger partial charge in [0.15, 0.2) is 0 Å². The molecule has 0 bridgehead atoms. The molecule has 1 aromatic rings. The fourth-order valence-electron chi connectivity index (χ4n) is 1.54. The van der Waals surface area contributed by atoms with E-state index < -0.39 is 17.4 Å². The molecule has 0 fully saturated rings. The molecule has 1 aromatic carbocycles. The Morgan fingerprint density at radius 2 is 1.86 bits per heavy atom. The smallest absolute Gasteiger partial charge is 0.312 e. The van der Waals surface area contributed by atoms with Crippen molar-refractivity contribution in [1.82, 2.24) is 0 Å². The number of hydrogen-bond donors (Lipinski definition) is 2. The summed E-state index contributed by atoms with van der Waals surface area (Å²) >= 11 is 0. The molecule has 3 nitrogen and oxygen atoms in total. The van der Waals surface area contributed by atoms with E-state index in [9.17, 15) is 4.79 Å². The third-order valence-corrected chi connectivity index (χ3v) is 2.12. The minimum Gasteiger partial charge on any atom is -0.481 e. The highest BCUT2D eigenvalue weighted by molar-refractivity contribution is 5.77. The SMILES string of the molecule is CC(C)(N)[C@H](C(=O)O)c1ccccc1. The van der Waals surface area contributed by atoms with Crippen LogP contribution in [0.15, 0.2) is 30.3 Å². The summed E-state index contributed by atoms with van der Waals surface area (Å²) in [6, 6.07) is 9.06. The number of benzene rings is 1. The van der Waals surface area contributed by atoms with Crippen molar-refractivity contribution in [2.75, 3.05) is 0 Å². The van der Waals surface area contributed by atoms with Crippen molar-refractivity contribution >= 4 is 5.97 Å². The van der Waals surface area contributed by atoms with Crippen molar-refractivity contribution in [2.24, 2.45) is 5.73 Å². The van der Waals surface area contributed by atoms with E-state index in [-0.39, 0.29) is 0 Å². The Morgan fingerprint density at radius 3 is 2.21 bits per heavy atom. The third-order valence-electron chi connectivity index (χ3n) is 2.12. The van der Waals surface area contributed by atoms with Crippen LogP contribution in [0.1, 0.15) is 25.3 Å². The molecule has 0 heterocycles. The van der Waals surface area contributed by atoms with Crippen LogP contribution in [0.25, 0.3) is 0 Å². The lowest BCUT2D eigenvalue weighted by Gasteiger charge is -2.27. The molecular weight excluding hydrogens is 178 g/mol. The van der Waals surface area contributed by atoms with E-state index in [1.54, 1.807) is 26.0 Å². The van der Waals surface area contributed by atoms with Gasteiger partial charge < -0.3 is 10.8 Å². The molecule has 0 amide bonds. The van der Waals surface area contributed by atoms with Gasteiger partial charge in [0.05, 0.1) is 5.92 Å². The second kappa shape index (κ2) is 3.80. The van der Waals surface area contributed by atoms with Crippen molar-refractivity contribution in [3.05, 3.63) is 35.9 Å². The van der Waals surface area contributed by atoms with E-state index >= 15 is 0 Å². The third kappa shape index (κ3) is 2.33. The Hall–Kier alpha value is -1.35. The van der Waals surface area contributed by atoms with Gasteiger partial charge in [0.1, 0.15) is 0 Å². The molecule has 0 saturated carbocycles. The van der Waals surface area contributed by atoms with Gasteiger partial charge in [-0.25, -0.2) is 0 Å². The molecule has 1 atom stereocenters. The first-order chi connectivity index (χ1) is 6.43. The number of carbonyl (C=O) groups is 1. The van der Waals surface area contributed by atoms with Crippen molar-refractivity contribution in [3.63, 3.8) is 0 Å². The number of carboxylic acids is 1. The molecule has 76 valence electrons. The molecule has 3 heteroatoms. The highest BCUT2D eigenvalue weighted by Crippen LogP contribution is 2.25. The predicted molar refractivity (Wildman–Crippen MR) is 55.1 cm³/mol. The average molecular weight is 193 g/mol. The monoisotopic (exact) mass is 193 g/mol. The fraction of sp³-hybridized carbons (Fsp3) is 0.364. The van der Waals surface area contributed by atoms with Gasteiger partial charge in [0.2, 0.25) is 0 Å². The first kappa shape index (κ1) is 10.7. The summed E-state index contributed by atoms with van der Waals surface area (Å²) in [4.78, 5) is 11.1. The summed E-state index contributed by atoms with van der Waals surface area (Å²) in [5, 5.41) is 9.08. The van der Waals surface area contributed by atoms with Crippen LogP contribution in [0.5, 0.6) is 0 Å². The molecule has 1 rings (SSSR count). The molecule has 3 N–H and O–H groups in total. The number of carboxylic acid groups (broad SMARTS) is 1. The zero-order valence-corrected chi connectivity index (χ0v) is 8.40. The van der Waals surface area contributed by atoms with Crippen LogP contribution in [-0.4, -0.2) is 16.6 Å². The van der Waals surface area contributed by atoms with Gasteiger partial charge >= 0.3 is 5.97 Å². The largest absolute Gasteiger partial charge is 0.481 e. The quantitative estimate of drug-likeness (QED) is 0.766.